The van der Waals surface area contributed by atoms with Gasteiger partial charge in [0.2, 0.25) is 0 Å². The van der Waals surface area contributed by atoms with Gasteiger partial charge >= 0.3 is 0 Å². The van der Waals surface area contributed by atoms with E-state index < -0.39 is 5.97 Å². The smallest absolute Gasteiger partial charge is 0.286 e. The first kappa shape index (κ1) is 11.9. The maximum atomic E-state index is 5.78. The summed E-state index contributed by atoms with van der Waals surface area (Å²) in [6, 6.07) is 0. The van der Waals surface area contributed by atoms with Gasteiger partial charge in [-0.25, -0.2) is 0 Å². The Balaban J connectivity index is 1.58. The van der Waals surface area contributed by atoms with Crippen molar-refractivity contribution in [2.24, 2.45) is 11.8 Å². The van der Waals surface area contributed by atoms with Gasteiger partial charge in [0.15, 0.2) is 0 Å². The van der Waals surface area contributed by atoms with E-state index in [-0.39, 0.29) is 5.92 Å². The molecule has 4 heterocycles. The number of ether oxygens (including phenoxy) is 3. The molecule has 1 N–H and O–H groups in total. The summed E-state index contributed by atoms with van der Waals surface area (Å²) in [5.74, 6) is -0.0790. The van der Waals surface area contributed by atoms with Crippen LogP contribution in [0.1, 0.15) is 6.92 Å². The molecule has 1 unspecified atom stereocenters. The van der Waals surface area contributed by atoms with Crippen LogP contribution in [-0.4, -0.2) is 63.4 Å². The van der Waals surface area contributed by atoms with Crippen LogP contribution in [0, 0.1) is 11.8 Å². The first-order valence-corrected chi connectivity index (χ1v) is 6.63. The van der Waals surface area contributed by atoms with E-state index >= 15 is 0 Å². The average Bonchev–Trinajstić information content (AvgIpc) is 2.42. The fourth-order valence-electron chi connectivity index (χ4n) is 2.79. The normalized spacial score (nSPS) is 40.4. The Morgan fingerprint density at radius 3 is 2.35 bits per heavy atom. The maximum Gasteiger partial charge on any atom is 0.286 e. The van der Waals surface area contributed by atoms with Crippen molar-refractivity contribution in [3.05, 3.63) is 0 Å². The molecule has 1 atom stereocenters. The number of hydrogen-bond acceptors (Lipinski definition) is 5. The molecule has 2 bridgehead atoms. The highest BCUT2D eigenvalue weighted by Crippen LogP contribution is 2.36. The summed E-state index contributed by atoms with van der Waals surface area (Å²) in [6.45, 7) is 9.84. The van der Waals surface area contributed by atoms with Crippen LogP contribution in [0.5, 0.6) is 0 Å². The van der Waals surface area contributed by atoms with Crippen LogP contribution in [0.3, 0.4) is 0 Å². The highest BCUT2D eigenvalue weighted by Gasteiger charge is 2.49. The molecule has 0 aromatic carbocycles. The van der Waals surface area contributed by atoms with E-state index in [1.165, 1.54) is 0 Å². The van der Waals surface area contributed by atoms with Gasteiger partial charge in [0.25, 0.3) is 5.97 Å². The minimum atomic E-state index is -0.764. The van der Waals surface area contributed by atoms with E-state index in [1.54, 1.807) is 0 Å². The molecule has 0 radical (unpaired) electrons. The van der Waals surface area contributed by atoms with E-state index in [1.807, 2.05) is 0 Å². The second-order valence-corrected chi connectivity index (χ2v) is 5.35. The fraction of sp³-hybridized carbons (Fsp3) is 1.00. The molecule has 4 aliphatic rings. The lowest BCUT2D eigenvalue weighted by Crippen LogP contribution is -2.60. The van der Waals surface area contributed by atoms with Gasteiger partial charge in [-0.2, -0.15) is 0 Å². The Morgan fingerprint density at radius 1 is 1.18 bits per heavy atom. The number of rotatable bonds is 3. The molecule has 5 heteroatoms. The van der Waals surface area contributed by atoms with Crippen molar-refractivity contribution >= 4 is 0 Å². The van der Waals surface area contributed by atoms with Crippen molar-refractivity contribution in [1.82, 2.24) is 10.2 Å². The lowest BCUT2D eigenvalue weighted by Gasteiger charge is -2.49. The van der Waals surface area contributed by atoms with Gasteiger partial charge < -0.3 is 24.4 Å². The summed E-state index contributed by atoms with van der Waals surface area (Å²) in [6.07, 6.45) is 0. The topological polar surface area (TPSA) is 43.0 Å². The molecular weight excluding hydrogens is 220 g/mol. The van der Waals surface area contributed by atoms with Gasteiger partial charge in [0.05, 0.1) is 25.7 Å². The van der Waals surface area contributed by atoms with Crippen molar-refractivity contribution in [2.75, 3.05) is 52.5 Å². The maximum absolute atomic E-state index is 5.78. The van der Waals surface area contributed by atoms with Gasteiger partial charge in [-0.3, -0.25) is 0 Å². The van der Waals surface area contributed by atoms with E-state index in [2.05, 4.69) is 17.1 Å². The lowest BCUT2D eigenvalue weighted by molar-refractivity contribution is -0.466. The molecule has 0 aliphatic carbocycles. The highest BCUT2D eigenvalue weighted by atomic mass is 16.9. The molecule has 0 amide bonds. The Bertz CT molecular complexity index is 247. The van der Waals surface area contributed by atoms with Crippen molar-refractivity contribution in [3.63, 3.8) is 0 Å². The van der Waals surface area contributed by atoms with Gasteiger partial charge in [-0.15, -0.1) is 0 Å². The van der Waals surface area contributed by atoms with Crippen LogP contribution in [0.4, 0.5) is 0 Å². The highest BCUT2D eigenvalue weighted by molar-refractivity contribution is 4.81. The predicted molar refractivity (Wildman–Crippen MR) is 62.6 cm³/mol. The summed E-state index contributed by atoms with van der Waals surface area (Å²) in [5.41, 5.74) is 0. The molecule has 5 nitrogen and oxygen atoms in total. The van der Waals surface area contributed by atoms with Crippen LogP contribution in [0.25, 0.3) is 0 Å². The summed E-state index contributed by atoms with van der Waals surface area (Å²) >= 11 is 0. The number of piperazine rings is 1. The summed E-state index contributed by atoms with van der Waals surface area (Å²) in [5, 5.41) is 3.36. The lowest BCUT2D eigenvalue weighted by atomic mass is 10.0. The molecule has 0 spiro atoms. The first-order chi connectivity index (χ1) is 8.28. The van der Waals surface area contributed by atoms with Crippen LogP contribution in [0.15, 0.2) is 0 Å². The molecule has 0 saturated carbocycles. The Labute approximate surface area is 102 Å². The third-order valence-electron chi connectivity index (χ3n) is 3.91. The number of nitrogens with zero attached hydrogens (tertiary/aromatic N) is 1. The van der Waals surface area contributed by atoms with E-state index in [0.29, 0.717) is 5.92 Å². The summed E-state index contributed by atoms with van der Waals surface area (Å²) in [4.78, 5) is 2.45. The van der Waals surface area contributed by atoms with Crippen LogP contribution >= 0.6 is 0 Å². The van der Waals surface area contributed by atoms with E-state index in [0.717, 1.165) is 52.5 Å². The zero-order valence-corrected chi connectivity index (χ0v) is 10.5. The van der Waals surface area contributed by atoms with Crippen molar-refractivity contribution in [3.8, 4) is 0 Å². The fourth-order valence-corrected chi connectivity index (χ4v) is 2.79. The molecule has 98 valence electrons. The Morgan fingerprint density at radius 2 is 1.76 bits per heavy atom. The molecule has 0 aromatic heterocycles. The largest absolute Gasteiger partial charge is 0.327 e. The van der Waals surface area contributed by atoms with Gasteiger partial charge in [-0.1, -0.05) is 6.92 Å². The molecular formula is C12H22N2O3. The monoisotopic (exact) mass is 242 g/mol. The quantitative estimate of drug-likeness (QED) is 0.747. The second kappa shape index (κ2) is 4.82. The predicted octanol–water partition coefficient (Wildman–Crippen LogP) is -0.125. The Hall–Kier alpha value is -0.200. The zero-order chi connectivity index (χ0) is 11.7. The van der Waals surface area contributed by atoms with Crippen LogP contribution in [-0.2, 0) is 14.2 Å². The minimum absolute atomic E-state index is 0.252. The third kappa shape index (κ3) is 2.35. The second-order valence-electron chi connectivity index (χ2n) is 5.35. The minimum Gasteiger partial charge on any atom is -0.327 e. The molecule has 4 aliphatic heterocycles. The van der Waals surface area contributed by atoms with Gasteiger partial charge in [-0.05, 0) is 0 Å². The molecule has 0 aromatic rings. The number of nitrogens with one attached hydrogen (secondary N) is 1. The van der Waals surface area contributed by atoms with Gasteiger partial charge in [0.1, 0.15) is 0 Å². The zero-order valence-electron chi connectivity index (χ0n) is 10.5. The third-order valence-corrected chi connectivity index (χ3v) is 3.91. The SMILES string of the molecule is CC(CN1CCNCC1)C12OCC(CO1)CO2. The number of fused-ring (bicyclic) bond motifs is 3. The van der Waals surface area contributed by atoms with Crippen molar-refractivity contribution < 1.29 is 14.2 Å². The van der Waals surface area contributed by atoms with E-state index in [4.69, 9.17) is 14.2 Å². The molecule has 4 fully saturated rings. The molecule has 17 heavy (non-hydrogen) atoms. The van der Waals surface area contributed by atoms with Crippen LogP contribution in [0.2, 0.25) is 0 Å². The average molecular weight is 242 g/mol. The van der Waals surface area contributed by atoms with Crippen LogP contribution < -0.4 is 5.32 Å². The number of hydrogen-bond donors (Lipinski definition) is 1. The first-order valence-electron chi connectivity index (χ1n) is 6.63. The van der Waals surface area contributed by atoms with Crippen molar-refractivity contribution in [1.29, 1.82) is 0 Å². The summed E-state index contributed by atoms with van der Waals surface area (Å²) < 4.78 is 17.3. The standard InChI is InChI=1S/C12H22N2O3/c1-10(6-14-4-2-13-3-5-14)12-15-7-11(8-16-12)9-17-12/h10-11,13H,2-9H2,1H3. The van der Waals surface area contributed by atoms with E-state index in [9.17, 15) is 0 Å². The van der Waals surface area contributed by atoms with Gasteiger partial charge in [0, 0.05) is 38.6 Å². The molecule has 4 saturated heterocycles. The van der Waals surface area contributed by atoms with Crippen molar-refractivity contribution in [2.45, 2.75) is 12.9 Å². The molecule has 4 rings (SSSR count). The Kier molecular flexibility index (Phi) is 3.36. The summed E-state index contributed by atoms with van der Waals surface area (Å²) in [7, 11) is 0.